The summed E-state index contributed by atoms with van der Waals surface area (Å²) < 4.78 is 38.2. The van der Waals surface area contributed by atoms with E-state index in [1.165, 1.54) is 6.07 Å². The zero-order valence-electron chi connectivity index (χ0n) is 18.9. The molecule has 1 aromatic carbocycles. The molecule has 1 fully saturated rings. The lowest BCUT2D eigenvalue weighted by Crippen LogP contribution is -2.61. The van der Waals surface area contributed by atoms with E-state index in [9.17, 15) is 23.2 Å². The number of fused-ring (bicyclic) bond motifs is 1. The normalized spacial score (nSPS) is 16.8. The first kappa shape index (κ1) is 26.3. The van der Waals surface area contributed by atoms with Crippen molar-refractivity contribution in [3.05, 3.63) is 47.7 Å². The van der Waals surface area contributed by atoms with Crippen molar-refractivity contribution in [1.82, 2.24) is 9.88 Å². The van der Waals surface area contributed by atoms with Crippen LogP contribution in [-0.2, 0) is 20.7 Å². The Balaban J connectivity index is 0.000000186. The molecule has 0 bridgehead atoms. The zero-order valence-corrected chi connectivity index (χ0v) is 18.9. The molecule has 12 heteroatoms. The fourth-order valence-electron chi connectivity index (χ4n) is 2.89. The first-order valence-electron chi connectivity index (χ1n) is 10.3. The third-order valence-electron chi connectivity index (χ3n) is 4.55. The van der Waals surface area contributed by atoms with E-state index in [0.29, 0.717) is 10.7 Å². The van der Waals surface area contributed by atoms with Gasteiger partial charge in [-0.25, -0.2) is 19.5 Å². The highest BCUT2D eigenvalue weighted by atomic mass is 19.3. The van der Waals surface area contributed by atoms with Crippen LogP contribution < -0.4 is 20.9 Å². The van der Waals surface area contributed by atoms with Gasteiger partial charge in [0.1, 0.15) is 11.9 Å². The van der Waals surface area contributed by atoms with Gasteiger partial charge in [-0.05, 0) is 55.7 Å². The predicted molar refractivity (Wildman–Crippen MR) is 117 cm³/mol. The largest absolute Gasteiger partial charge is 0.586 e. The van der Waals surface area contributed by atoms with Gasteiger partial charge in [-0.15, -0.1) is 8.78 Å². The Morgan fingerprint density at radius 3 is 2.38 bits per heavy atom. The van der Waals surface area contributed by atoms with Gasteiger partial charge in [0.15, 0.2) is 11.5 Å². The smallest absolute Gasteiger partial charge is 0.464 e. The van der Waals surface area contributed by atoms with E-state index >= 15 is 0 Å². The van der Waals surface area contributed by atoms with Crippen LogP contribution in [0.25, 0.3) is 0 Å². The van der Waals surface area contributed by atoms with Crippen LogP contribution in [0.4, 0.5) is 19.4 Å². The van der Waals surface area contributed by atoms with Crippen molar-refractivity contribution < 1.29 is 37.4 Å². The van der Waals surface area contributed by atoms with Crippen molar-refractivity contribution in [2.45, 2.75) is 45.9 Å². The van der Waals surface area contributed by atoms with E-state index < -0.39 is 30.2 Å². The predicted octanol–water partition coefficient (Wildman–Crippen LogP) is 2.77. The lowest BCUT2D eigenvalue weighted by atomic mass is 10.0. The standard InChI is InChI=1S/C9H8F2O2.C7H10N2O4.C6H8N2/c1-2-6-3-4-7-8(5-6)13-9(10,11)12-7;1-2-13-6(11)4-3-5(10)9(4)7(8)12;1-5-2-3-8-6(7)4-5/h3-5H,2H2,1H3;4H,2-3H2,1H3,(H2,8,12);2-4H,1H3,(H2,7,8). The summed E-state index contributed by atoms with van der Waals surface area (Å²) in [6.07, 6.45) is -1.02. The molecule has 1 unspecified atom stereocenters. The van der Waals surface area contributed by atoms with Crippen molar-refractivity contribution in [2.24, 2.45) is 5.73 Å². The third kappa shape index (κ3) is 7.02. The molecule has 1 saturated heterocycles. The Labute approximate surface area is 194 Å². The molecule has 3 amide bonds. The number of rotatable bonds is 3. The molecule has 0 saturated carbocycles. The molecule has 184 valence electrons. The maximum atomic E-state index is 12.5. The van der Waals surface area contributed by atoms with Crippen LogP contribution in [-0.4, -0.2) is 46.7 Å². The Morgan fingerprint density at radius 2 is 1.88 bits per heavy atom. The third-order valence-corrected chi connectivity index (χ3v) is 4.55. The summed E-state index contributed by atoms with van der Waals surface area (Å²) in [5.74, 6) is -0.219. The van der Waals surface area contributed by atoms with Gasteiger partial charge in [-0.3, -0.25) is 4.79 Å². The molecule has 4 rings (SSSR count). The molecule has 34 heavy (non-hydrogen) atoms. The van der Waals surface area contributed by atoms with E-state index in [1.54, 1.807) is 25.3 Å². The highest BCUT2D eigenvalue weighted by Gasteiger charge is 2.45. The molecule has 2 aromatic rings. The van der Waals surface area contributed by atoms with Gasteiger partial charge >= 0.3 is 18.3 Å². The van der Waals surface area contributed by atoms with Crippen LogP contribution in [0.15, 0.2) is 36.5 Å². The highest BCUT2D eigenvalue weighted by Crippen LogP contribution is 2.41. The maximum Gasteiger partial charge on any atom is 0.586 e. The number of nitrogen functional groups attached to an aromatic ring is 1. The van der Waals surface area contributed by atoms with Gasteiger partial charge in [0.2, 0.25) is 5.91 Å². The first-order chi connectivity index (χ1) is 16.0. The lowest BCUT2D eigenvalue weighted by molar-refractivity contribution is -0.286. The topological polar surface area (TPSA) is 147 Å². The number of ether oxygens (including phenoxy) is 3. The maximum absolute atomic E-state index is 12.5. The van der Waals surface area contributed by atoms with Gasteiger partial charge in [0, 0.05) is 6.20 Å². The quantitative estimate of drug-likeness (QED) is 0.503. The number of pyridine rings is 1. The molecule has 0 spiro atoms. The van der Waals surface area contributed by atoms with Crippen molar-refractivity contribution in [2.75, 3.05) is 12.3 Å². The number of imide groups is 1. The second-order valence-corrected chi connectivity index (χ2v) is 7.13. The summed E-state index contributed by atoms with van der Waals surface area (Å²) >= 11 is 0. The summed E-state index contributed by atoms with van der Waals surface area (Å²) in [4.78, 5) is 37.0. The molecule has 3 heterocycles. The fraction of sp³-hybridized carbons (Fsp3) is 0.364. The summed E-state index contributed by atoms with van der Waals surface area (Å²) in [6.45, 7) is 5.79. The van der Waals surface area contributed by atoms with Gasteiger partial charge < -0.3 is 25.7 Å². The molecule has 10 nitrogen and oxygen atoms in total. The number of alkyl halides is 2. The number of aromatic nitrogens is 1. The number of carbonyl (C=O) groups is 3. The monoisotopic (exact) mass is 480 g/mol. The molecule has 1 aromatic heterocycles. The van der Waals surface area contributed by atoms with E-state index in [4.69, 9.17) is 11.5 Å². The number of urea groups is 1. The molecular weight excluding hydrogens is 454 g/mol. The molecule has 0 radical (unpaired) electrons. The number of amides is 3. The Hall–Kier alpha value is -3.96. The van der Waals surface area contributed by atoms with Gasteiger partial charge in [-0.2, -0.15) is 0 Å². The van der Waals surface area contributed by atoms with Crippen molar-refractivity contribution in [3.8, 4) is 11.5 Å². The average molecular weight is 480 g/mol. The van der Waals surface area contributed by atoms with Gasteiger partial charge in [0.25, 0.3) is 0 Å². The number of esters is 1. The molecule has 0 aliphatic carbocycles. The minimum Gasteiger partial charge on any atom is -0.464 e. The molecular formula is C22H26F2N4O6. The number of β-lactam (4-membered cyclic amide) rings is 1. The van der Waals surface area contributed by atoms with Crippen LogP contribution in [0.5, 0.6) is 11.5 Å². The fourth-order valence-corrected chi connectivity index (χ4v) is 2.89. The number of nitrogens with two attached hydrogens (primary N) is 2. The van der Waals surface area contributed by atoms with Crippen LogP contribution in [0.1, 0.15) is 31.4 Å². The summed E-state index contributed by atoms with van der Waals surface area (Å²) in [7, 11) is 0. The molecule has 1 atom stereocenters. The van der Waals surface area contributed by atoms with Crippen molar-refractivity contribution >= 4 is 23.7 Å². The number of hydrogen-bond acceptors (Lipinski definition) is 8. The number of hydrogen-bond donors (Lipinski definition) is 2. The number of benzene rings is 1. The zero-order chi connectivity index (χ0) is 25.5. The number of primary amides is 1. The van der Waals surface area contributed by atoms with Crippen LogP contribution in [0, 0.1) is 6.92 Å². The molecule has 2 aliphatic heterocycles. The van der Waals surface area contributed by atoms with E-state index in [1.807, 2.05) is 26.0 Å². The Morgan fingerprint density at radius 1 is 1.21 bits per heavy atom. The minimum atomic E-state index is -3.51. The Kier molecular flexibility index (Phi) is 8.70. The number of likely N-dealkylation sites (tertiary alicyclic amines) is 1. The van der Waals surface area contributed by atoms with Crippen LogP contribution in [0.2, 0.25) is 0 Å². The summed E-state index contributed by atoms with van der Waals surface area (Å²) in [6, 6.07) is 6.82. The van der Waals surface area contributed by atoms with Gasteiger partial charge in [0.05, 0.1) is 13.0 Å². The van der Waals surface area contributed by atoms with Crippen LogP contribution in [0.3, 0.4) is 0 Å². The summed E-state index contributed by atoms with van der Waals surface area (Å²) in [5, 5.41) is 0. The number of nitrogens with zero attached hydrogens (tertiary/aromatic N) is 2. The first-order valence-corrected chi connectivity index (χ1v) is 10.3. The average Bonchev–Trinajstić information content (AvgIpc) is 3.05. The number of anilines is 1. The SMILES string of the molecule is CCOC(=O)C1CC(=O)N1C(N)=O.CCc1ccc2c(c1)OC(F)(F)O2.Cc1ccnc(N)c1. The number of aryl methyl sites for hydroxylation is 2. The lowest BCUT2D eigenvalue weighted by Gasteiger charge is -2.34. The minimum absolute atomic E-state index is 0.00176. The van der Waals surface area contributed by atoms with Crippen molar-refractivity contribution in [1.29, 1.82) is 0 Å². The second-order valence-electron chi connectivity index (χ2n) is 7.13. The Bertz CT molecular complexity index is 1020. The van der Waals surface area contributed by atoms with E-state index in [2.05, 4.69) is 19.2 Å². The highest BCUT2D eigenvalue weighted by molar-refractivity contribution is 6.05. The number of carbonyl (C=O) groups excluding carboxylic acids is 3. The van der Waals surface area contributed by atoms with Crippen molar-refractivity contribution in [3.63, 3.8) is 0 Å². The van der Waals surface area contributed by atoms with E-state index in [0.717, 1.165) is 17.5 Å². The second kappa shape index (κ2) is 11.3. The van der Waals surface area contributed by atoms with Gasteiger partial charge in [-0.1, -0.05) is 13.0 Å². The van der Waals surface area contributed by atoms with E-state index in [-0.39, 0.29) is 24.5 Å². The molecule has 2 aliphatic rings. The number of halogens is 2. The molecule has 4 N–H and O–H groups in total. The summed E-state index contributed by atoms with van der Waals surface area (Å²) in [5.41, 5.74) is 12.3. The van der Waals surface area contributed by atoms with Crippen LogP contribution >= 0.6 is 0 Å².